The van der Waals surface area contributed by atoms with Crippen LogP contribution in [-0.4, -0.2) is 30.7 Å². The van der Waals surface area contributed by atoms with Gasteiger partial charge in [-0.05, 0) is 36.9 Å². The Bertz CT molecular complexity index is 1260. The molecule has 0 bridgehead atoms. The van der Waals surface area contributed by atoms with Crippen LogP contribution in [-0.2, 0) is 17.9 Å². The number of fused-ring (bicyclic) bond motifs is 3. The molecule has 0 radical (unpaired) electrons. The summed E-state index contributed by atoms with van der Waals surface area (Å²) in [5.74, 6) is 0.436. The summed E-state index contributed by atoms with van der Waals surface area (Å²) in [5.41, 5.74) is -0.236. The van der Waals surface area contributed by atoms with E-state index in [1.165, 1.54) is 26.6 Å². The van der Waals surface area contributed by atoms with Gasteiger partial charge in [0.1, 0.15) is 17.0 Å². The van der Waals surface area contributed by atoms with Gasteiger partial charge in [0.2, 0.25) is 11.7 Å². The molecule has 0 saturated heterocycles. The molecule has 10 heteroatoms. The van der Waals surface area contributed by atoms with E-state index in [9.17, 15) is 14.4 Å². The number of hydrogen-bond acceptors (Lipinski definition) is 6. The Morgan fingerprint density at radius 2 is 2.18 bits per heavy atom. The standard InChI is InChI=1S/C18H19N5O4S/c1-3-11(2)19-14(24)10-22-18(26)23-13-6-8-28-15(13)16(25)21(17(23)20-22)9-12-5-4-7-27-12/h4-8,11H,3,9-10H2,1-2H3,(H,19,24). The van der Waals surface area contributed by atoms with E-state index in [1.807, 2.05) is 13.8 Å². The summed E-state index contributed by atoms with van der Waals surface area (Å²) < 4.78 is 9.64. The van der Waals surface area contributed by atoms with Gasteiger partial charge in [-0.15, -0.1) is 16.4 Å². The first-order chi connectivity index (χ1) is 13.5. The number of furan rings is 1. The van der Waals surface area contributed by atoms with Gasteiger partial charge in [0.05, 0.1) is 18.3 Å². The summed E-state index contributed by atoms with van der Waals surface area (Å²) in [6.07, 6.45) is 2.30. The van der Waals surface area contributed by atoms with Crippen LogP contribution in [0.2, 0.25) is 0 Å². The zero-order valence-corrected chi connectivity index (χ0v) is 16.2. The molecule has 0 saturated carbocycles. The Hall–Kier alpha value is -3.14. The highest BCUT2D eigenvalue weighted by Gasteiger charge is 2.20. The van der Waals surface area contributed by atoms with Crippen LogP contribution in [0.3, 0.4) is 0 Å². The van der Waals surface area contributed by atoms with Crippen LogP contribution in [0.15, 0.2) is 43.8 Å². The van der Waals surface area contributed by atoms with E-state index in [-0.39, 0.29) is 36.4 Å². The van der Waals surface area contributed by atoms with Gasteiger partial charge in [0.25, 0.3) is 5.56 Å². The fourth-order valence-corrected chi connectivity index (χ4v) is 3.82. The first kappa shape index (κ1) is 18.2. The fourth-order valence-electron chi connectivity index (χ4n) is 3.00. The van der Waals surface area contributed by atoms with Gasteiger partial charge in [0, 0.05) is 6.04 Å². The van der Waals surface area contributed by atoms with Crippen LogP contribution in [0.1, 0.15) is 26.0 Å². The monoisotopic (exact) mass is 401 g/mol. The molecule has 1 unspecified atom stereocenters. The fraction of sp³-hybridized carbons (Fsp3) is 0.333. The topological polar surface area (TPSA) is 104 Å². The quantitative estimate of drug-likeness (QED) is 0.526. The third-order valence-corrected chi connectivity index (χ3v) is 5.49. The van der Waals surface area contributed by atoms with Crippen molar-refractivity contribution in [2.45, 2.75) is 39.4 Å². The lowest BCUT2D eigenvalue weighted by Crippen LogP contribution is -2.37. The average molecular weight is 401 g/mol. The molecule has 1 atom stereocenters. The Kier molecular flexibility index (Phi) is 4.63. The molecular weight excluding hydrogens is 382 g/mol. The van der Waals surface area contributed by atoms with Crippen molar-refractivity contribution in [2.75, 3.05) is 0 Å². The molecule has 4 rings (SSSR count). The number of thiophene rings is 1. The molecule has 146 valence electrons. The van der Waals surface area contributed by atoms with E-state index >= 15 is 0 Å². The highest BCUT2D eigenvalue weighted by Crippen LogP contribution is 2.18. The maximum Gasteiger partial charge on any atom is 0.352 e. The van der Waals surface area contributed by atoms with Crippen molar-refractivity contribution in [3.8, 4) is 0 Å². The largest absolute Gasteiger partial charge is 0.467 e. The summed E-state index contributed by atoms with van der Waals surface area (Å²) in [4.78, 5) is 38.1. The molecular formula is C18H19N5O4S. The van der Waals surface area contributed by atoms with Crippen molar-refractivity contribution < 1.29 is 9.21 Å². The van der Waals surface area contributed by atoms with Gasteiger partial charge in [0.15, 0.2) is 0 Å². The van der Waals surface area contributed by atoms with Crippen molar-refractivity contribution in [3.05, 3.63) is 56.4 Å². The summed E-state index contributed by atoms with van der Waals surface area (Å²) >= 11 is 1.26. The van der Waals surface area contributed by atoms with E-state index < -0.39 is 5.69 Å². The minimum atomic E-state index is -0.467. The van der Waals surface area contributed by atoms with Gasteiger partial charge in [-0.1, -0.05) is 6.92 Å². The van der Waals surface area contributed by atoms with Crippen LogP contribution in [0.4, 0.5) is 0 Å². The first-order valence-electron chi connectivity index (χ1n) is 8.91. The second-order valence-corrected chi connectivity index (χ2v) is 7.47. The maximum atomic E-state index is 12.9. The van der Waals surface area contributed by atoms with Crippen LogP contribution < -0.4 is 16.6 Å². The highest BCUT2D eigenvalue weighted by molar-refractivity contribution is 7.17. The minimum Gasteiger partial charge on any atom is -0.467 e. The predicted molar refractivity (Wildman–Crippen MR) is 105 cm³/mol. The number of hydrogen-bond donors (Lipinski definition) is 1. The smallest absolute Gasteiger partial charge is 0.352 e. The van der Waals surface area contributed by atoms with E-state index in [1.54, 1.807) is 23.6 Å². The maximum absolute atomic E-state index is 12.9. The van der Waals surface area contributed by atoms with Crippen LogP contribution >= 0.6 is 11.3 Å². The highest BCUT2D eigenvalue weighted by atomic mass is 32.1. The normalized spacial score (nSPS) is 12.6. The minimum absolute atomic E-state index is 0.000877. The number of aromatic nitrogens is 4. The molecule has 0 fully saturated rings. The number of carbonyl (C=O) groups is 1. The Balaban J connectivity index is 1.86. The molecule has 0 aliphatic rings. The van der Waals surface area contributed by atoms with Gasteiger partial charge in [-0.3, -0.25) is 14.2 Å². The molecule has 28 heavy (non-hydrogen) atoms. The molecule has 1 amide bonds. The summed E-state index contributed by atoms with van der Waals surface area (Å²) in [7, 11) is 0. The number of amides is 1. The molecule has 0 aromatic carbocycles. The molecule has 0 aliphatic heterocycles. The average Bonchev–Trinajstić information content (AvgIpc) is 3.40. The van der Waals surface area contributed by atoms with E-state index in [0.717, 1.165) is 11.1 Å². The van der Waals surface area contributed by atoms with E-state index in [2.05, 4.69) is 10.4 Å². The number of carbonyl (C=O) groups excluding carboxylic acids is 1. The van der Waals surface area contributed by atoms with E-state index in [0.29, 0.717) is 16.0 Å². The van der Waals surface area contributed by atoms with Crippen molar-refractivity contribution in [1.82, 2.24) is 24.1 Å². The van der Waals surface area contributed by atoms with Gasteiger partial charge in [-0.25, -0.2) is 13.9 Å². The predicted octanol–water partition coefficient (Wildman–Crippen LogP) is 1.43. The molecule has 4 aromatic heterocycles. The SMILES string of the molecule is CCC(C)NC(=O)Cn1nc2n(Cc3ccco3)c(=O)c3sccc3n2c1=O. The summed E-state index contributed by atoms with van der Waals surface area (Å²) in [6, 6.07) is 5.18. The van der Waals surface area contributed by atoms with Crippen molar-refractivity contribution >= 4 is 33.2 Å². The number of nitrogens with one attached hydrogen (secondary N) is 1. The zero-order chi connectivity index (χ0) is 19.8. The Labute approximate surface area is 162 Å². The van der Waals surface area contributed by atoms with Crippen molar-refractivity contribution in [2.24, 2.45) is 0 Å². The third-order valence-electron chi connectivity index (χ3n) is 4.60. The van der Waals surface area contributed by atoms with Crippen LogP contribution in [0, 0.1) is 0 Å². The van der Waals surface area contributed by atoms with Crippen LogP contribution in [0.5, 0.6) is 0 Å². The molecule has 4 heterocycles. The lowest BCUT2D eigenvalue weighted by atomic mass is 10.2. The van der Waals surface area contributed by atoms with Crippen molar-refractivity contribution in [3.63, 3.8) is 0 Å². The molecule has 0 aliphatic carbocycles. The lowest BCUT2D eigenvalue weighted by molar-refractivity contribution is -0.122. The second-order valence-electron chi connectivity index (χ2n) is 6.56. The van der Waals surface area contributed by atoms with E-state index in [4.69, 9.17) is 4.42 Å². The third kappa shape index (κ3) is 3.05. The Morgan fingerprint density at radius 3 is 2.89 bits per heavy atom. The molecule has 9 nitrogen and oxygen atoms in total. The van der Waals surface area contributed by atoms with Gasteiger partial charge in [-0.2, -0.15) is 0 Å². The lowest BCUT2D eigenvalue weighted by Gasteiger charge is -2.10. The van der Waals surface area contributed by atoms with Gasteiger partial charge >= 0.3 is 5.69 Å². The number of nitrogens with zero attached hydrogens (tertiary/aromatic N) is 4. The summed E-state index contributed by atoms with van der Waals surface area (Å²) in [6.45, 7) is 3.77. The second kappa shape index (κ2) is 7.12. The van der Waals surface area contributed by atoms with Crippen molar-refractivity contribution in [1.29, 1.82) is 0 Å². The molecule has 1 N–H and O–H groups in total. The Morgan fingerprint density at radius 1 is 1.36 bits per heavy atom. The van der Waals surface area contributed by atoms with Crippen LogP contribution in [0.25, 0.3) is 16.0 Å². The molecule has 4 aromatic rings. The zero-order valence-electron chi connectivity index (χ0n) is 15.4. The van der Waals surface area contributed by atoms with Gasteiger partial charge < -0.3 is 9.73 Å². The molecule has 0 spiro atoms. The summed E-state index contributed by atoms with van der Waals surface area (Å²) in [5, 5.41) is 8.86. The first-order valence-corrected chi connectivity index (χ1v) is 9.79. The number of rotatable bonds is 6.